The van der Waals surface area contributed by atoms with Crippen LogP contribution >= 0.6 is 11.8 Å². The van der Waals surface area contributed by atoms with Crippen molar-refractivity contribution in [3.63, 3.8) is 0 Å². The highest BCUT2D eigenvalue weighted by atomic mass is 32.2. The van der Waals surface area contributed by atoms with Gasteiger partial charge in [0, 0.05) is 11.1 Å². The first-order chi connectivity index (χ1) is 13.5. The molecule has 0 radical (unpaired) electrons. The van der Waals surface area contributed by atoms with E-state index < -0.39 is 5.97 Å². The van der Waals surface area contributed by atoms with Crippen LogP contribution in [-0.2, 0) is 4.79 Å². The third kappa shape index (κ3) is 4.15. The highest BCUT2D eigenvalue weighted by Gasteiger charge is 2.16. The number of methoxy groups -OCH3 is 2. The van der Waals surface area contributed by atoms with Crippen molar-refractivity contribution in [2.45, 2.75) is 5.03 Å². The van der Waals surface area contributed by atoms with Gasteiger partial charge >= 0.3 is 0 Å². The van der Waals surface area contributed by atoms with Crippen LogP contribution in [0, 0.1) is 0 Å². The molecule has 0 saturated carbocycles. The first kappa shape index (κ1) is 19.4. The van der Waals surface area contributed by atoms with Crippen LogP contribution in [0.15, 0.2) is 47.6 Å². The molecule has 0 unspecified atom stereocenters. The first-order valence-electron chi connectivity index (χ1n) is 8.14. The SMILES string of the molecule is COc1ccc2cnnc(SCC(=O)Nc3ccc(C(=O)[O-])cc3)c2c1OC. The third-order valence-corrected chi connectivity index (χ3v) is 4.85. The predicted molar refractivity (Wildman–Crippen MR) is 103 cm³/mol. The summed E-state index contributed by atoms with van der Waals surface area (Å²) in [6, 6.07) is 9.35. The van der Waals surface area contributed by atoms with E-state index in [1.165, 1.54) is 43.1 Å². The molecular formula is C19H16N3O5S-. The van der Waals surface area contributed by atoms with Crippen molar-refractivity contribution in [3.8, 4) is 11.5 Å². The molecule has 0 atom stereocenters. The van der Waals surface area contributed by atoms with Crippen molar-refractivity contribution in [1.29, 1.82) is 0 Å². The van der Waals surface area contributed by atoms with Crippen molar-refractivity contribution in [3.05, 3.63) is 48.2 Å². The van der Waals surface area contributed by atoms with Crippen molar-refractivity contribution in [2.75, 3.05) is 25.3 Å². The van der Waals surface area contributed by atoms with E-state index in [2.05, 4.69) is 15.5 Å². The van der Waals surface area contributed by atoms with Gasteiger partial charge in [-0.25, -0.2) is 0 Å². The number of amides is 1. The maximum Gasteiger partial charge on any atom is 0.234 e. The predicted octanol–water partition coefficient (Wildman–Crippen LogP) is 1.74. The Bertz CT molecular complexity index is 1020. The Hall–Kier alpha value is -3.33. The third-order valence-electron chi connectivity index (χ3n) is 3.88. The van der Waals surface area contributed by atoms with Crippen molar-refractivity contribution in [2.24, 2.45) is 0 Å². The maximum atomic E-state index is 12.3. The zero-order valence-electron chi connectivity index (χ0n) is 15.1. The van der Waals surface area contributed by atoms with Crippen molar-refractivity contribution >= 4 is 40.1 Å². The number of benzene rings is 2. The van der Waals surface area contributed by atoms with Crippen LogP contribution in [0.25, 0.3) is 10.8 Å². The van der Waals surface area contributed by atoms with Gasteiger partial charge < -0.3 is 24.7 Å². The zero-order chi connectivity index (χ0) is 20.1. The molecule has 0 aliphatic heterocycles. The Labute approximate surface area is 164 Å². The standard InChI is InChI=1S/C19H17N3O5S/c1-26-14-8-5-12-9-20-22-18(16(12)17(14)27-2)28-10-15(23)21-13-6-3-11(4-7-13)19(24)25/h3-9H,10H2,1-2H3,(H,21,23)(H,24,25)/p-1. The molecule has 0 aliphatic carbocycles. The quantitative estimate of drug-likeness (QED) is 0.599. The molecule has 0 spiro atoms. The molecule has 3 aromatic rings. The summed E-state index contributed by atoms with van der Waals surface area (Å²) in [7, 11) is 3.08. The van der Waals surface area contributed by atoms with E-state index in [-0.39, 0.29) is 17.2 Å². The number of ether oxygens (including phenoxy) is 2. The average Bonchev–Trinajstić information content (AvgIpc) is 2.71. The number of thioether (sulfide) groups is 1. The normalized spacial score (nSPS) is 10.5. The van der Waals surface area contributed by atoms with Gasteiger partial charge in [0.1, 0.15) is 5.03 Å². The van der Waals surface area contributed by atoms with Gasteiger partial charge in [-0.2, -0.15) is 5.10 Å². The molecule has 1 aromatic heterocycles. The number of nitrogens with one attached hydrogen (secondary N) is 1. The summed E-state index contributed by atoms with van der Waals surface area (Å²) in [6.07, 6.45) is 1.61. The first-order valence-corrected chi connectivity index (χ1v) is 9.12. The van der Waals surface area contributed by atoms with E-state index in [9.17, 15) is 14.7 Å². The van der Waals surface area contributed by atoms with Gasteiger partial charge in [0.05, 0.1) is 37.5 Å². The number of aromatic carboxylic acids is 1. The second-order valence-corrected chi connectivity index (χ2v) is 6.58. The average molecular weight is 398 g/mol. The smallest absolute Gasteiger partial charge is 0.234 e. The topological polar surface area (TPSA) is 113 Å². The van der Waals surface area contributed by atoms with Crippen LogP contribution in [0.5, 0.6) is 11.5 Å². The van der Waals surface area contributed by atoms with Crippen LogP contribution in [0.2, 0.25) is 0 Å². The lowest BCUT2D eigenvalue weighted by atomic mass is 10.2. The molecule has 144 valence electrons. The highest BCUT2D eigenvalue weighted by Crippen LogP contribution is 2.39. The molecule has 9 heteroatoms. The molecule has 28 heavy (non-hydrogen) atoms. The summed E-state index contributed by atoms with van der Waals surface area (Å²) in [5, 5.41) is 23.6. The van der Waals surface area contributed by atoms with Gasteiger partial charge in [-0.3, -0.25) is 4.79 Å². The molecule has 1 amide bonds. The molecule has 0 aliphatic rings. The van der Waals surface area contributed by atoms with Crippen molar-refractivity contribution < 1.29 is 24.2 Å². The van der Waals surface area contributed by atoms with Gasteiger partial charge in [0.2, 0.25) is 5.91 Å². The molecule has 0 fully saturated rings. The molecule has 0 bridgehead atoms. The van der Waals surface area contributed by atoms with E-state index in [0.29, 0.717) is 27.6 Å². The largest absolute Gasteiger partial charge is 0.545 e. The van der Waals surface area contributed by atoms with E-state index >= 15 is 0 Å². The Morgan fingerprint density at radius 1 is 1.11 bits per heavy atom. The fourth-order valence-corrected chi connectivity index (χ4v) is 3.39. The second kappa shape index (κ2) is 8.57. The zero-order valence-corrected chi connectivity index (χ0v) is 15.9. The Morgan fingerprint density at radius 2 is 1.86 bits per heavy atom. The number of carboxylic acid groups (broad SMARTS) is 1. The van der Waals surface area contributed by atoms with Crippen LogP contribution in [-0.4, -0.2) is 42.0 Å². The van der Waals surface area contributed by atoms with Gasteiger partial charge in [-0.15, -0.1) is 5.10 Å². The number of fused-ring (bicyclic) bond motifs is 1. The maximum absolute atomic E-state index is 12.3. The van der Waals surface area contributed by atoms with E-state index in [4.69, 9.17) is 9.47 Å². The van der Waals surface area contributed by atoms with Crippen LogP contribution in [0.4, 0.5) is 5.69 Å². The van der Waals surface area contributed by atoms with Crippen LogP contribution in [0.3, 0.4) is 0 Å². The lowest BCUT2D eigenvalue weighted by molar-refractivity contribution is -0.255. The number of carbonyl (C=O) groups is 2. The van der Waals surface area contributed by atoms with Crippen molar-refractivity contribution in [1.82, 2.24) is 10.2 Å². The number of anilines is 1. The van der Waals surface area contributed by atoms with Gasteiger partial charge in [0.15, 0.2) is 11.5 Å². The Balaban J connectivity index is 1.76. The number of carbonyl (C=O) groups excluding carboxylic acids is 2. The van der Waals surface area contributed by atoms with Gasteiger partial charge in [-0.1, -0.05) is 23.9 Å². The number of hydrogen-bond acceptors (Lipinski definition) is 8. The molecule has 0 saturated heterocycles. The minimum absolute atomic E-state index is 0.0412. The lowest BCUT2D eigenvalue weighted by Crippen LogP contribution is -2.22. The fourth-order valence-electron chi connectivity index (χ4n) is 2.59. The second-order valence-electron chi connectivity index (χ2n) is 5.62. The number of aromatic nitrogens is 2. The molecular weight excluding hydrogens is 382 g/mol. The number of hydrogen-bond donors (Lipinski definition) is 1. The fraction of sp³-hybridized carbons (Fsp3) is 0.158. The molecule has 1 N–H and O–H groups in total. The summed E-state index contributed by atoms with van der Waals surface area (Å²) < 4.78 is 10.8. The monoisotopic (exact) mass is 398 g/mol. The lowest BCUT2D eigenvalue weighted by Gasteiger charge is -2.12. The molecule has 2 aromatic carbocycles. The van der Waals surface area contributed by atoms with E-state index in [1.54, 1.807) is 19.4 Å². The molecule has 3 rings (SSSR count). The van der Waals surface area contributed by atoms with Crippen LogP contribution in [0.1, 0.15) is 10.4 Å². The number of nitrogens with zero attached hydrogens (tertiary/aromatic N) is 2. The minimum atomic E-state index is -1.27. The summed E-state index contributed by atoms with van der Waals surface area (Å²) >= 11 is 1.21. The minimum Gasteiger partial charge on any atom is -0.545 e. The van der Waals surface area contributed by atoms with E-state index in [1.807, 2.05) is 6.07 Å². The number of carboxylic acids is 1. The number of rotatable bonds is 7. The summed E-state index contributed by atoms with van der Waals surface area (Å²) in [5.41, 5.74) is 0.526. The Kier molecular flexibility index (Phi) is 5.95. The summed E-state index contributed by atoms with van der Waals surface area (Å²) in [4.78, 5) is 23.0. The highest BCUT2D eigenvalue weighted by molar-refractivity contribution is 8.00. The summed E-state index contributed by atoms with van der Waals surface area (Å²) in [6.45, 7) is 0. The Morgan fingerprint density at radius 3 is 2.50 bits per heavy atom. The van der Waals surface area contributed by atoms with Crippen LogP contribution < -0.4 is 19.9 Å². The summed E-state index contributed by atoms with van der Waals surface area (Å²) in [5.74, 6) is -0.381. The van der Waals surface area contributed by atoms with Gasteiger partial charge in [0.25, 0.3) is 0 Å². The molecule has 8 nitrogen and oxygen atoms in total. The molecule has 1 heterocycles. The van der Waals surface area contributed by atoms with E-state index in [0.717, 1.165) is 5.39 Å². The van der Waals surface area contributed by atoms with Gasteiger partial charge in [-0.05, 0) is 29.8 Å².